The van der Waals surface area contributed by atoms with Crippen molar-refractivity contribution in [3.05, 3.63) is 74.1 Å². The lowest BCUT2D eigenvalue weighted by Gasteiger charge is -2.11. The molecular weight excluding hydrogens is 412 g/mol. The number of benzene rings is 1. The Morgan fingerprint density at radius 3 is 2.67 bits per heavy atom. The van der Waals surface area contributed by atoms with Gasteiger partial charge >= 0.3 is 0 Å². The third kappa shape index (κ3) is 3.73. The van der Waals surface area contributed by atoms with Crippen molar-refractivity contribution < 1.29 is 9.53 Å². The molecule has 0 atom stereocenters. The molecule has 0 spiro atoms. The average Bonchev–Trinajstić information content (AvgIpc) is 2.64. The highest BCUT2D eigenvalue weighted by molar-refractivity contribution is 9.10. The zero-order chi connectivity index (χ0) is 19.6. The standard InChI is InChI=1S/C19H13BrN4O3/c1-11-3-2-8-24-17(11)23-18(27-14-6-4-13(20)5-7-14)15(19(24)26)9-12(10-21)16(22)25/h2-9H,1H3,(H2,22,25). The molecule has 3 aromatic rings. The number of pyridine rings is 1. The fourth-order valence-electron chi connectivity index (χ4n) is 2.41. The Morgan fingerprint density at radius 2 is 2.04 bits per heavy atom. The lowest BCUT2D eigenvalue weighted by molar-refractivity contribution is -0.114. The van der Waals surface area contributed by atoms with Gasteiger partial charge in [0.05, 0.1) is 0 Å². The number of ether oxygens (including phenoxy) is 1. The van der Waals surface area contributed by atoms with E-state index in [1.54, 1.807) is 42.6 Å². The molecule has 1 aromatic carbocycles. The van der Waals surface area contributed by atoms with Gasteiger partial charge in [-0.3, -0.25) is 14.0 Å². The van der Waals surface area contributed by atoms with E-state index in [1.165, 1.54) is 4.40 Å². The van der Waals surface area contributed by atoms with Gasteiger partial charge in [0.2, 0.25) is 5.88 Å². The Hall–Kier alpha value is -3.44. The second-order valence-electron chi connectivity index (χ2n) is 5.61. The van der Waals surface area contributed by atoms with Crippen LogP contribution in [0.5, 0.6) is 11.6 Å². The Labute approximate surface area is 162 Å². The van der Waals surface area contributed by atoms with Crippen molar-refractivity contribution in [2.75, 3.05) is 0 Å². The van der Waals surface area contributed by atoms with E-state index in [0.29, 0.717) is 11.4 Å². The highest BCUT2D eigenvalue weighted by Gasteiger charge is 2.17. The predicted octanol–water partition coefficient (Wildman–Crippen LogP) is 2.95. The van der Waals surface area contributed by atoms with Crippen molar-refractivity contribution in [3.63, 3.8) is 0 Å². The Balaban J connectivity index is 2.28. The molecule has 0 aliphatic rings. The molecule has 0 saturated heterocycles. The number of primary amides is 1. The number of fused-ring (bicyclic) bond motifs is 1. The summed E-state index contributed by atoms with van der Waals surface area (Å²) in [7, 11) is 0. The van der Waals surface area contributed by atoms with E-state index in [1.807, 2.05) is 13.0 Å². The minimum atomic E-state index is -0.944. The molecule has 3 rings (SSSR count). The molecule has 0 fully saturated rings. The van der Waals surface area contributed by atoms with Crippen LogP contribution in [0.4, 0.5) is 0 Å². The normalized spacial score (nSPS) is 11.2. The lowest BCUT2D eigenvalue weighted by atomic mass is 10.1. The van der Waals surface area contributed by atoms with E-state index >= 15 is 0 Å². The molecule has 2 aromatic heterocycles. The molecule has 27 heavy (non-hydrogen) atoms. The molecular formula is C19H13BrN4O3. The topological polar surface area (TPSA) is 110 Å². The van der Waals surface area contributed by atoms with Gasteiger partial charge in [-0.15, -0.1) is 0 Å². The van der Waals surface area contributed by atoms with Crippen molar-refractivity contribution in [2.24, 2.45) is 5.73 Å². The Bertz CT molecular complexity index is 1170. The lowest BCUT2D eigenvalue weighted by Crippen LogP contribution is -2.20. The minimum absolute atomic E-state index is 0.0226. The SMILES string of the molecule is Cc1cccn2c(=O)c(C=C(C#N)C(N)=O)c(Oc3ccc(Br)cc3)nc12. The first kappa shape index (κ1) is 18.4. The number of aromatic nitrogens is 2. The number of amides is 1. The van der Waals surface area contributed by atoms with Gasteiger partial charge in [0.25, 0.3) is 11.5 Å². The summed E-state index contributed by atoms with van der Waals surface area (Å²) >= 11 is 3.34. The van der Waals surface area contributed by atoms with Crippen molar-refractivity contribution in [1.82, 2.24) is 9.38 Å². The number of rotatable bonds is 4. The van der Waals surface area contributed by atoms with Crippen LogP contribution in [0, 0.1) is 18.3 Å². The highest BCUT2D eigenvalue weighted by atomic mass is 79.9. The quantitative estimate of drug-likeness (QED) is 0.511. The number of carbonyl (C=O) groups excluding carboxylic acids is 1. The molecule has 7 nitrogen and oxygen atoms in total. The van der Waals surface area contributed by atoms with E-state index in [9.17, 15) is 9.59 Å². The molecule has 2 N–H and O–H groups in total. The third-order valence-electron chi connectivity index (χ3n) is 3.75. The van der Waals surface area contributed by atoms with Gasteiger partial charge < -0.3 is 10.5 Å². The van der Waals surface area contributed by atoms with Crippen LogP contribution in [-0.2, 0) is 4.79 Å². The maximum atomic E-state index is 12.9. The molecule has 8 heteroatoms. The summed E-state index contributed by atoms with van der Waals surface area (Å²) in [6.07, 6.45) is 2.65. The molecule has 0 bridgehead atoms. The molecule has 134 valence electrons. The van der Waals surface area contributed by atoms with Crippen LogP contribution in [0.25, 0.3) is 11.7 Å². The zero-order valence-electron chi connectivity index (χ0n) is 14.1. The Morgan fingerprint density at radius 1 is 1.33 bits per heavy atom. The number of hydrogen-bond donors (Lipinski definition) is 1. The fourth-order valence-corrected chi connectivity index (χ4v) is 2.67. The molecule has 2 heterocycles. The average molecular weight is 425 g/mol. The summed E-state index contributed by atoms with van der Waals surface area (Å²) in [6.45, 7) is 1.81. The maximum absolute atomic E-state index is 12.9. The van der Waals surface area contributed by atoms with Gasteiger partial charge in [-0.05, 0) is 48.9 Å². The largest absolute Gasteiger partial charge is 0.438 e. The molecule has 0 saturated carbocycles. The van der Waals surface area contributed by atoms with Crippen LogP contribution < -0.4 is 16.0 Å². The van der Waals surface area contributed by atoms with Crippen molar-refractivity contribution in [2.45, 2.75) is 6.92 Å². The van der Waals surface area contributed by atoms with Crippen molar-refractivity contribution in [3.8, 4) is 17.7 Å². The minimum Gasteiger partial charge on any atom is -0.438 e. The number of nitrogens with zero attached hydrogens (tertiary/aromatic N) is 3. The van der Waals surface area contributed by atoms with Gasteiger partial charge in [-0.2, -0.15) is 10.2 Å². The zero-order valence-corrected chi connectivity index (χ0v) is 15.7. The van der Waals surface area contributed by atoms with Crippen LogP contribution in [0.2, 0.25) is 0 Å². The van der Waals surface area contributed by atoms with E-state index in [2.05, 4.69) is 20.9 Å². The molecule has 0 aliphatic heterocycles. The summed E-state index contributed by atoms with van der Waals surface area (Å²) in [5.74, 6) is -0.526. The van der Waals surface area contributed by atoms with Crippen LogP contribution in [0.1, 0.15) is 11.1 Å². The summed E-state index contributed by atoms with van der Waals surface area (Å²) in [6, 6.07) is 12.1. The molecule has 1 amide bonds. The summed E-state index contributed by atoms with van der Waals surface area (Å²) in [5, 5.41) is 9.12. The van der Waals surface area contributed by atoms with E-state index < -0.39 is 11.5 Å². The number of nitriles is 1. The van der Waals surface area contributed by atoms with Crippen molar-refractivity contribution in [1.29, 1.82) is 5.26 Å². The first-order valence-corrected chi connectivity index (χ1v) is 8.57. The van der Waals surface area contributed by atoms with Gasteiger partial charge in [0.15, 0.2) is 0 Å². The number of aryl methyl sites for hydroxylation is 1. The van der Waals surface area contributed by atoms with Gasteiger partial charge in [0, 0.05) is 10.7 Å². The second-order valence-corrected chi connectivity index (χ2v) is 6.53. The molecule has 0 unspecified atom stereocenters. The first-order chi connectivity index (χ1) is 12.9. The Kier molecular flexibility index (Phi) is 5.05. The predicted molar refractivity (Wildman–Crippen MR) is 103 cm³/mol. The van der Waals surface area contributed by atoms with E-state index in [4.69, 9.17) is 15.7 Å². The highest BCUT2D eigenvalue weighted by Crippen LogP contribution is 2.25. The number of nitrogens with two attached hydrogens (primary N) is 1. The maximum Gasteiger partial charge on any atom is 0.269 e. The van der Waals surface area contributed by atoms with Crippen LogP contribution >= 0.6 is 15.9 Å². The first-order valence-electron chi connectivity index (χ1n) is 7.77. The number of halogens is 1. The summed E-state index contributed by atoms with van der Waals surface area (Å²) in [4.78, 5) is 28.8. The third-order valence-corrected chi connectivity index (χ3v) is 4.28. The summed E-state index contributed by atoms with van der Waals surface area (Å²) in [5.41, 5.74) is 5.47. The second kappa shape index (κ2) is 7.43. The number of carbonyl (C=O) groups is 1. The van der Waals surface area contributed by atoms with E-state index in [-0.39, 0.29) is 17.0 Å². The number of hydrogen-bond acceptors (Lipinski definition) is 5. The van der Waals surface area contributed by atoms with Crippen LogP contribution in [-0.4, -0.2) is 15.3 Å². The molecule has 0 aliphatic carbocycles. The smallest absolute Gasteiger partial charge is 0.269 e. The van der Waals surface area contributed by atoms with Crippen LogP contribution in [0.3, 0.4) is 0 Å². The van der Waals surface area contributed by atoms with Crippen LogP contribution in [0.15, 0.2) is 57.4 Å². The van der Waals surface area contributed by atoms with Crippen molar-refractivity contribution >= 4 is 33.6 Å². The van der Waals surface area contributed by atoms with Gasteiger partial charge in [-0.25, -0.2) is 0 Å². The fraction of sp³-hybridized carbons (Fsp3) is 0.0526. The van der Waals surface area contributed by atoms with Gasteiger partial charge in [-0.1, -0.05) is 22.0 Å². The van der Waals surface area contributed by atoms with E-state index in [0.717, 1.165) is 16.1 Å². The molecule has 0 radical (unpaired) electrons. The monoisotopic (exact) mass is 424 g/mol. The van der Waals surface area contributed by atoms with Gasteiger partial charge in [0.1, 0.15) is 28.6 Å². The summed E-state index contributed by atoms with van der Waals surface area (Å²) < 4.78 is 7.97.